The number of ether oxygens (including phenoxy) is 1. The van der Waals surface area contributed by atoms with Crippen molar-refractivity contribution < 1.29 is 4.74 Å². The number of hydrogen-bond acceptors (Lipinski definition) is 4. The van der Waals surface area contributed by atoms with Crippen LogP contribution in [0.2, 0.25) is 0 Å². The normalized spacial score (nSPS) is 22.2. The summed E-state index contributed by atoms with van der Waals surface area (Å²) in [6, 6.07) is 0.792. The second-order valence-electron chi connectivity index (χ2n) is 7.10. The van der Waals surface area contributed by atoms with Gasteiger partial charge >= 0.3 is 0 Å². The SMILES string of the molecule is CC(C)NC(c1nc(C(C)(C)C)cs1)C1CCCOC1. The minimum Gasteiger partial charge on any atom is -0.381 e. The van der Waals surface area contributed by atoms with E-state index < -0.39 is 0 Å². The van der Waals surface area contributed by atoms with Gasteiger partial charge in [-0.25, -0.2) is 4.98 Å². The first-order valence-corrected chi connectivity index (χ1v) is 8.55. The van der Waals surface area contributed by atoms with E-state index in [4.69, 9.17) is 9.72 Å². The van der Waals surface area contributed by atoms with Crippen molar-refractivity contribution in [2.45, 2.75) is 65.0 Å². The molecule has 114 valence electrons. The van der Waals surface area contributed by atoms with Gasteiger partial charge in [0.1, 0.15) is 5.01 Å². The van der Waals surface area contributed by atoms with Gasteiger partial charge in [0, 0.05) is 29.4 Å². The Hall–Kier alpha value is -0.450. The molecule has 1 aromatic rings. The van der Waals surface area contributed by atoms with Gasteiger partial charge < -0.3 is 10.1 Å². The van der Waals surface area contributed by atoms with Crippen LogP contribution >= 0.6 is 11.3 Å². The Morgan fingerprint density at radius 3 is 2.65 bits per heavy atom. The molecule has 0 spiro atoms. The Morgan fingerprint density at radius 1 is 1.40 bits per heavy atom. The van der Waals surface area contributed by atoms with Crippen LogP contribution in [0.3, 0.4) is 0 Å². The highest BCUT2D eigenvalue weighted by atomic mass is 32.1. The molecule has 0 aliphatic carbocycles. The van der Waals surface area contributed by atoms with Crippen molar-refractivity contribution in [2.75, 3.05) is 13.2 Å². The lowest BCUT2D eigenvalue weighted by molar-refractivity contribution is 0.0376. The Bertz CT molecular complexity index is 416. The van der Waals surface area contributed by atoms with Gasteiger partial charge in [-0.05, 0) is 12.8 Å². The fourth-order valence-electron chi connectivity index (χ4n) is 2.57. The van der Waals surface area contributed by atoms with Crippen molar-refractivity contribution in [3.05, 3.63) is 16.1 Å². The van der Waals surface area contributed by atoms with Crippen LogP contribution in [0.4, 0.5) is 0 Å². The second kappa shape index (κ2) is 6.54. The lowest BCUT2D eigenvalue weighted by Crippen LogP contribution is -2.37. The number of rotatable bonds is 4. The quantitative estimate of drug-likeness (QED) is 0.915. The molecule has 0 saturated carbocycles. The summed E-state index contributed by atoms with van der Waals surface area (Å²) < 4.78 is 5.68. The summed E-state index contributed by atoms with van der Waals surface area (Å²) in [5.41, 5.74) is 1.32. The van der Waals surface area contributed by atoms with Gasteiger partial charge in [-0.1, -0.05) is 34.6 Å². The van der Waals surface area contributed by atoms with E-state index in [-0.39, 0.29) is 5.41 Å². The fourth-order valence-corrected chi connectivity index (χ4v) is 3.77. The smallest absolute Gasteiger partial charge is 0.110 e. The third-order valence-electron chi connectivity index (χ3n) is 3.74. The Labute approximate surface area is 127 Å². The molecule has 3 nitrogen and oxygen atoms in total. The molecular weight excluding hydrogens is 268 g/mol. The molecule has 0 aromatic carbocycles. The zero-order chi connectivity index (χ0) is 14.8. The Kier molecular flexibility index (Phi) is 5.21. The van der Waals surface area contributed by atoms with E-state index in [0.717, 1.165) is 13.2 Å². The minimum atomic E-state index is 0.125. The monoisotopic (exact) mass is 296 g/mol. The van der Waals surface area contributed by atoms with E-state index in [1.54, 1.807) is 11.3 Å². The van der Waals surface area contributed by atoms with E-state index in [2.05, 4.69) is 45.3 Å². The molecule has 0 radical (unpaired) electrons. The van der Waals surface area contributed by atoms with Crippen molar-refractivity contribution >= 4 is 11.3 Å². The molecule has 4 heteroatoms. The molecule has 2 unspecified atom stereocenters. The number of hydrogen-bond donors (Lipinski definition) is 1. The van der Waals surface area contributed by atoms with E-state index in [1.807, 2.05) is 0 Å². The van der Waals surface area contributed by atoms with Crippen LogP contribution in [0.15, 0.2) is 5.38 Å². The van der Waals surface area contributed by atoms with Crippen molar-refractivity contribution in [3.8, 4) is 0 Å². The molecule has 2 atom stereocenters. The highest BCUT2D eigenvalue weighted by Crippen LogP contribution is 2.33. The van der Waals surface area contributed by atoms with E-state index in [9.17, 15) is 0 Å². The van der Waals surface area contributed by atoms with E-state index in [0.29, 0.717) is 18.0 Å². The van der Waals surface area contributed by atoms with Crippen LogP contribution in [-0.2, 0) is 10.2 Å². The number of nitrogens with one attached hydrogen (secondary N) is 1. The molecule has 1 fully saturated rings. The second-order valence-corrected chi connectivity index (χ2v) is 7.99. The molecule has 2 rings (SSSR count). The summed E-state index contributed by atoms with van der Waals surface area (Å²) in [7, 11) is 0. The first-order chi connectivity index (χ1) is 9.38. The lowest BCUT2D eigenvalue weighted by Gasteiger charge is -2.31. The van der Waals surface area contributed by atoms with Crippen molar-refractivity contribution in [3.63, 3.8) is 0 Å². The van der Waals surface area contributed by atoms with Gasteiger partial charge in [0.15, 0.2) is 0 Å². The van der Waals surface area contributed by atoms with Crippen LogP contribution in [0.5, 0.6) is 0 Å². The highest BCUT2D eigenvalue weighted by molar-refractivity contribution is 7.09. The lowest BCUT2D eigenvalue weighted by atomic mass is 9.92. The van der Waals surface area contributed by atoms with Crippen molar-refractivity contribution in [1.29, 1.82) is 0 Å². The molecule has 1 aliphatic heterocycles. The maximum absolute atomic E-state index is 5.68. The van der Waals surface area contributed by atoms with Crippen LogP contribution in [0.25, 0.3) is 0 Å². The maximum atomic E-state index is 5.68. The maximum Gasteiger partial charge on any atom is 0.110 e. The molecule has 2 heterocycles. The van der Waals surface area contributed by atoms with Crippen LogP contribution in [0.1, 0.15) is 64.2 Å². The predicted molar refractivity (Wildman–Crippen MR) is 85.4 cm³/mol. The van der Waals surface area contributed by atoms with Gasteiger partial charge in [-0.3, -0.25) is 0 Å². The summed E-state index contributed by atoms with van der Waals surface area (Å²) >= 11 is 1.79. The predicted octanol–water partition coefficient (Wildman–Crippen LogP) is 3.91. The van der Waals surface area contributed by atoms with Gasteiger partial charge in [-0.2, -0.15) is 0 Å². The standard InChI is InChI=1S/C16H28N2OS/c1-11(2)17-14(12-7-6-8-19-9-12)15-18-13(10-20-15)16(3,4)5/h10-12,14,17H,6-9H2,1-5H3. The third kappa shape index (κ3) is 4.03. The summed E-state index contributed by atoms with van der Waals surface area (Å²) in [5.74, 6) is 0.546. The zero-order valence-electron chi connectivity index (χ0n) is 13.4. The van der Waals surface area contributed by atoms with Crippen molar-refractivity contribution in [2.24, 2.45) is 5.92 Å². The van der Waals surface area contributed by atoms with Crippen LogP contribution < -0.4 is 5.32 Å². The molecule has 1 aliphatic rings. The molecule has 1 aromatic heterocycles. The average Bonchev–Trinajstić information content (AvgIpc) is 2.86. The third-order valence-corrected chi connectivity index (χ3v) is 4.66. The highest BCUT2D eigenvalue weighted by Gasteiger charge is 2.29. The van der Waals surface area contributed by atoms with Gasteiger partial charge in [0.05, 0.1) is 18.3 Å². The number of aromatic nitrogens is 1. The topological polar surface area (TPSA) is 34.2 Å². The van der Waals surface area contributed by atoms with E-state index >= 15 is 0 Å². The zero-order valence-corrected chi connectivity index (χ0v) is 14.2. The summed E-state index contributed by atoms with van der Waals surface area (Å²) in [6.07, 6.45) is 2.40. The van der Waals surface area contributed by atoms with Crippen LogP contribution in [-0.4, -0.2) is 24.2 Å². The summed E-state index contributed by atoms with van der Waals surface area (Å²) in [5, 5.41) is 7.14. The molecule has 1 saturated heterocycles. The van der Waals surface area contributed by atoms with Gasteiger partial charge in [0.2, 0.25) is 0 Å². The minimum absolute atomic E-state index is 0.125. The molecular formula is C16H28N2OS. The number of thiazole rings is 1. The first kappa shape index (κ1) is 15.9. The van der Waals surface area contributed by atoms with Crippen LogP contribution in [0, 0.1) is 5.92 Å². The van der Waals surface area contributed by atoms with Crippen molar-refractivity contribution in [1.82, 2.24) is 10.3 Å². The summed E-state index contributed by atoms with van der Waals surface area (Å²) in [6.45, 7) is 12.8. The molecule has 0 bridgehead atoms. The van der Waals surface area contributed by atoms with Gasteiger partial charge in [0.25, 0.3) is 0 Å². The molecule has 20 heavy (non-hydrogen) atoms. The first-order valence-electron chi connectivity index (χ1n) is 7.67. The molecule has 1 N–H and O–H groups in total. The number of nitrogens with zero attached hydrogens (tertiary/aromatic N) is 1. The summed E-state index contributed by atoms with van der Waals surface area (Å²) in [4.78, 5) is 4.91. The van der Waals surface area contributed by atoms with E-state index in [1.165, 1.54) is 23.5 Å². The fraction of sp³-hybridized carbons (Fsp3) is 0.812. The average molecular weight is 296 g/mol. The Morgan fingerprint density at radius 2 is 2.15 bits per heavy atom. The Balaban J connectivity index is 2.19. The van der Waals surface area contributed by atoms with Gasteiger partial charge in [-0.15, -0.1) is 11.3 Å². The molecule has 0 amide bonds. The largest absolute Gasteiger partial charge is 0.381 e.